The fraction of sp³-hybridized carbons (Fsp3) is 0.556. The Morgan fingerprint density at radius 1 is 1.33 bits per heavy atom. The minimum atomic E-state index is -0.947. The van der Waals surface area contributed by atoms with Crippen molar-refractivity contribution in [3.8, 4) is 6.07 Å². The summed E-state index contributed by atoms with van der Waals surface area (Å²) in [5, 5.41) is 19.0. The van der Waals surface area contributed by atoms with Gasteiger partial charge in [-0.2, -0.15) is 5.26 Å². The van der Waals surface area contributed by atoms with Crippen molar-refractivity contribution >= 4 is 5.97 Å². The highest BCUT2D eigenvalue weighted by Crippen LogP contribution is 2.62. The lowest BCUT2D eigenvalue weighted by atomic mass is 9.44. The van der Waals surface area contributed by atoms with Gasteiger partial charge in [-0.25, -0.2) is 0 Å². The maximum absolute atomic E-state index is 11.6. The number of carboxylic acids is 1. The molecule has 2 fully saturated rings. The summed E-state index contributed by atoms with van der Waals surface area (Å²) < 4.78 is 0. The molecule has 2 aliphatic carbocycles. The molecular weight excluding hydrogens is 262 g/mol. The molecule has 2 saturated carbocycles. The van der Waals surface area contributed by atoms with Crippen molar-refractivity contribution in [1.82, 2.24) is 0 Å². The van der Waals surface area contributed by atoms with Gasteiger partial charge in [-0.3, -0.25) is 4.79 Å². The fourth-order valence-corrected chi connectivity index (χ4v) is 4.73. The maximum atomic E-state index is 11.6. The van der Waals surface area contributed by atoms with E-state index in [1.54, 1.807) is 0 Å². The van der Waals surface area contributed by atoms with Crippen LogP contribution in [0.3, 0.4) is 0 Å². The summed E-state index contributed by atoms with van der Waals surface area (Å²) in [6.45, 7) is 0. The summed E-state index contributed by atoms with van der Waals surface area (Å²) in [6.07, 6.45) is 6.35. The first-order chi connectivity index (χ1) is 10.2. The first-order valence-corrected chi connectivity index (χ1v) is 7.84. The summed E-state index contributed by atoms with van der Waals surface area (Å²) in [4.78, 5) is 11.6. The van der Waals surface area contributed by atoms with Crippen LogP contribution in [0.4, 0.5) is 0 Å². The van der Waals surface area contributed by atoms with E-state index in [9.17, 15) is 15.2 Å². The van der Waals surface area contributed by atoms with E-state index in [1.807, 2.05) is 30.3 Å². The van der Waals surface area contributed by atoms with Crippen molar-refractivity contribution in [2.24, 2.45) is 23.2 Å². The van der Waals surface area contributed by atoms with Gasteiger partial charge in [-0.1, -0.05) is 49.6 Å². The Bertz CT molecular complexity index is 562. The Morgan fingerprint density at radius 2 is 2.05 bits per heavy atom. The molecule has 3 rings (SSSR count). The second-order valence-electron chi connectivity index (χ2n) is 6.65. The van der Waals surface area contributed by atoms with Gasteiger partial charge >= 0.3 is 5.97 Å². The number of nitriles is 1. The van der Waals surface area contributed by atoms with Gasteiger partial charge in [0.1, 0.15) is 5.92 Å². The fourth-order valence-electron chi connectivity index (χ4n) is 4.73. The Kier molecular flexibility index (Phi) is 3.71. The lowest BCUT2D eigenvalue weighted by Gasteiger charge is -2.59. The predicted octanol–water partition coefficient (Wildman–Crippen LogP) is 3.65. The Labute approximate surface area is 125 Å². The number of carboxylic acid groups (broad SMARTS) is 1. The number of aliphatic carboxylic acids is 1. The zero-order valence-electron chi connectivity index (χ0n) is 12.2. The Hall–Kier alpha value is -1.82. The predicted molar refractivity (Wildman–Crippen MR) is 79.4 cm³/mol. The minimum Gasteiger partial charge on any atom is -0.480 e. The second kappa shape index (κ2) is 5.52. The molecule has 1 N–H and O–H groups in total. The van der Waals surface area contributed by atoms with Crippen molar-refractivity contribution in [2.75, 3.05) is 0 Å². The van der Waals surface area contributed by atoms with Crippen LogP contribution >= 0.6 is 0 Å². The highest BCUT2D eigenvalue weighted by atomic mass is 16.4. The van der Waals surface area contributed by atoms with Gasteiger partial charge in [-0.15, -0.1) is 0 Å². The lowest BCUT2D eigenvalue weighted by molar-refractivity contribution is -0.158. The van der Waals surface area contributed by atoms with Gasteiger partial charge in [0.05, 0.1) is 6.07 Å². The molecule has 0 radical (unpaired) electrons. The molecule has 0 aromatic heterocycles. The smallest absolute Gasteiger partial charge is 0.321 e. The molecule has 0 saturated heterocycles. The number of carbonyl (C=O) groups is 1. The van der Waals surface area contributed by atoms with Crippen molar-refractivity contribution in [1.29, 1.82) is 5.26 Å². The number of rotatable bonds is 4. The molecular formula is C18H21NO2. The Balaban J connectivity index is 1.92. The van der Waals surface area contributed by atoms with E-state index in [-0.39, 0.29) is 5.41 Å². The summed E-state index contributed by atoms with van der Waals surface area (Å²) in [7, 11) is 0. The third kappa shape index (κ3) is 2.33. The van der Waals surface area contributed by atoms with Crippen molar-refractivity contribution < 1.29 is 9.90 Å². The molecule has 21 heavy (non-hydrogen) atoms. The van der Waals surface area contributed by atoms with Crippen molar-refractivity contribution in [2.45, 2.75) is 38.5 Å². The molecule has 1 aromatic carbocycles. The monoisotopic (exact) mass is 283 g/mol. The molecule has 0 bridgehead atoms. The van der Waals surface area contributed by atoms with Crippen LogP contribution < -0.4 is 0 Å². The molecule has 3 heteroatoms. The molecule has 4 atom stereocenters. The summed E-state index contributed by atoms with van der Waals surface area (Å²) in [5.74, 6) is -0.778. The van der Waals surface area contributed by atoms with Gasteiger partial charge in [-0.05, 0) is 36.7 Å². The molecule has 0 amide bonds. The van der Waals surface area contributed by atoms with Gasteiger partial charge in [0.15, 0.2) is 0 Å². The van der Waals surface area contributed by atoms with Crippen LogP contribution in [-0.2, 0) is 11.2 Å². The van der Waals surface area contributed by atoms with E-state index in [4.69, 9.17) is 0 Å². The molecule has 0 aliphatic heterocycles. The Morgan fingerprint density at radius 3 is 2.67 bits per heavy atom. The van der Waals surface area contributed by atoms with E-state index >= 15 is 0 Å². The van der Waals surface area contributed by atoms with E-state index in [0.717, 1.165) is 24.8 Å². The number of hydrogen-bond acceptors (Lipinski definition) is 2. The quantitative estimate of drug-likeness (QED) is 0.917. The summed E-state index contributed by atoms with van der Waals surface area (Å²) in [6, 6.07) is 12.1. The molecule has 0 spiro atoms. The van der Waals surface area contributed by atoms with Gasteiger partial charge in [0, 0.05) is 5.41 Å². The van der Waals surface area contributed by atoms with Crippen molar-refractivity contribution in [3.05, 3.63) is 35.9 Å². The van der Waals surface area contributed by atoms with Crippen molar-refractivity contribution in [3.63, 3.8) is 0 Å². The zero-order valence-corrected chi connectivity index (χ0v) is 12.2. The first kappa shape index (κ1) is 14.1. The molecule has 3 nitrogen and oxygen atoms in total. The standard InChI is InChI=1S/C18H21NO2/c19-12-16(17(20)21)18(10-13-6-2-1-3-7-13)11-14-8-4-5-9-15(14)18/h1-3,6-7,14-16H,4-5,8-11H2,(H,20,21). The molecule has 0 heterocycles. The van der Waals surface area contributed by atoms with E-state index < -0.39 is 11.9 Å². The van der Waals surface area contributed by atoms with Crippen LogP contribution in [0, 0.1) is 34.5 Å². The number of nitrogens with zero attached hydrogens (tertiary/aromatic N) is 1. The molecule has 4 unspecified atom stereocenters. The average Bonchev–Trinajstić information content (AvgIpc) is 2.47. The molecule has 110 valence electrons. The van der Waals surface area contributed by atoms with Gasteiger partial charge < -0.3 is 5.11 Å². The highest BCUT2D eigenvalue weighted by Gasteiger charge is 2.59. The van der Waals surface area contributed by atoms with Crippen LogP contribution in [0.5, 0.6) is 0 Å². The third-order valence-electron chi connectivity index (χ3n) is 5.62. The van der Waals surface area contributed by atoms with E-state index in [2.05, 4.69) is 6.07 Å². The summed E-state index contributed by atoms with van der Waals surface area (Å²) >= 11 is 0. The number of hydrogen-bond donors (Lipinski definition) is 1. The third-order valence-corrected chi connectivity index (χ3v) is 5.62. The minimum absolute atomic E-state index is 0.354. The van der Waals surface area contributed by atoms with Crippen LogP contribution in [0.15, 0.2) is 30.3 Å². The van der Waals surface area contributed by atoms with Crippen LogP contribution in [0.2, 0.25) is 0 Å². The highest BCUT2D eigenvalue weighted by molar-refractivity contribution is 5.74. The first-order valence-electron chi connectivity index (χ1n) is 7.84. The average molecular weight is 283 g/mol. The number of fused-ring (bicyclic) bond motifs is 1. The van der Waals surface area contributed by atoms with E-state index in [0.29, 0.717) is 11.8 Å². The normalized spacial score (nSPS) is 32.3. The van der Waals surface area contributed by atoms with Crippen LogP contribution in [0.25, 0.3) is 0 Å². The molecule has 2 aliphatic rings. The van der Waals surface area contributed by atoms with Crippen LogP contribution in [-0.4, -0.2) is 11.1 Å². The van der Waals surface area contributed by atoms with Crippen LogP contribution in [0.1, 0.15) is 37.7 Å². The zero-order chi connectivity index (χ0) is 14.9. The molecule has 1 aromatic rings. The largest absolute Gasteiger partial charge is 0.480 e. The number of benzene rings is 1. The van der Waals surface area contributed by atoms with Gasteiger partial charge in [0.25, 0.3) is 0 Å². The summed E-state index contributed by atoms with van der Waals surface area (Å²) in [5.41, 5.74) is 0.801. The lowest BCUT2D eigenvalue weighted by Crippen LogP contribution is -2.56. The van der Waals surface area contributed by atoms with Gasteiger partial charge in [0.2, 0.25) is 0 Å². The second-order valence-corrected chi connectivity index (χ2v) is 6.65. The SMILES string of the molecule is N#CC(C(=O)O)C1(Cc2ccccc2)CC2CCCCC21. The van der Waals surface area contributed by atoms with E-state index in [1.165, 1.54) is 19.3 Å². The maximum Gasteiger partial charge on any atom is 0.321 e. The topological polar surface area (TPSA) is 61.1 Å².